The second-order valence-electron chi connectivity index (χ2n) is 5.22. The van der Waals surface area contributed by atoms with Crippen molar-refractivity contribution in [2.24, 2.45) is 0 Å². The molecule has 1 unspecified atom stereocenters. The Hall–Kier alpha value is -1.44. The second-order valence-corrected chi connectivity index (χ2v) is 6.87. The van der Waals surface area contributed by atoms with E-state index in [1.54, 1.807) is 33.8 Å². The smallest absolute Gasteiger partial charge is 0.307 e. The molecule has 1 aromatic rings. The maximum absolute atomic E-state index is 12.4. The van der Waals surface area contributed by atoms with Crippen LogP contribution in [0.2, 0.25) is 0 Å². The molecule has 0 radical (unpaired) electrons. The Labute approximate surface area is 124 Å². The number of carbonyl (C=O) groups is 1. The first-order valence-corrected chi connectivity index (χ1v) is 8.03. The summed E-state index contributed by atoms with van der Waals surface area (Å²) in [6, 6.07) is 1.06. The molecule has 3 N–H and O–H groups in total. The van der Waals surface area contributed by atoms with E-state index in [1.165, 1.54) is 0 Å². The number of nitrogens with one attached hydrogen (secondary N) is 1. The first-order chi connectivity index (χ1) is 9.60. The number of aryl methyl sites for hydroxylation is 2. The van der Waals surface area contributed by atoms with E-state index in [1.807, 2.05) is 0 Å². The molecule has 1 rings (SSSR count). The van der Waals surface area contributed by atoms with Gasteiger partial charge in [0.05, 0.1) is 17.9 Å². The maximum Gasteiger partial charge on any atom is 0.307 e. The molecule has 0 aromatic heterocycles. The molecule has 1 atom stereocenters. The van der Waals surface area contributed by atoms with Gasteiger partial charge < -0.3 is 10.2 Å². The predicted octanol–water partition coefficient (Wildman–Crippen LogP) is 0.898. The van der Waals surface area contributed by atoms with E-state index < -0.39 is 22.0 Å². The van der Waals surface area contributed by atoms with E-state index in [2.05, 4.69) is 4.72 Å². The van der Waals surface area contributed by atoms with Crippen molar-refractivity contribution in [3.05, 3.63) is 28.3 Å². The van der Waals surface area contributed by atoms with Crippen LogP contribution in [0.25, 0.3) is 0 Å². The van der Waals surface area contributed by atoms with Crippen molar-refractivity contribution < 1.29 is 23.4 Å². The first-order valence-electron chi connectivity index (χ1n) is 6.54. The molecule has 0 fully saturated rings. The summed E-state index contributed by atoms with van der Waals surface area (Å²) in [5.41, 5.74) is 2.25. The highest BCUT2D eigenvalue weighted by Crippen LogP contribution is 2.27. The van der Waals surface area contributed by atoms with Crippen LogP contribution < -0.4 is 4.72 Å². The SMILES string of the molecule is Cc1cc(C)c(S(=O)(=O)NC(C)CO)c(C)c1CC(=O)O. The quantitative estimate of drug-likeness (QED) is 0.723. The van der Waals surface area contributed by atoms with Gasteiger partial charge in [-0.15, -0.1) is 0 Å². The highest BCUT2D eigenvalue weighted by Gasteiger charge is 2.24. The lowest BCUT2D eigenvalue weighted by molar-refractivity contribution is -0.136. The van der Waals surface area contributed by atoms with Crippen molar-refractivity contribution in [3.63, 3.8) is 0 Å². The molecule has 0 aliphatic heterocycles. The minimum absolute atomic E-state index is 0.0876. The van der Waals surface area contributed by atoms with Gasteiger partial charge >= 0.3 is 5.97 Å². The first kappa shape index (κ1) is 17.6. The molecule has 0 saturated carbocycles. The lowest BCUT2D eigenvalue weighted by Gasteiger charge is -2.19. The fraction of sp³-hybridized carbons (Fsp3) is 0.500. The van der Waals surface area contributed by atoms with Crippen LogP contribution in [0, 0.1) is 20.8 Å². The van der Waals surface area contributed by atoms with Crippen molar-refractivity contribution >= 4 is 16.0 Å². The molecule has 1 aromatic carbocycles. The van der Waals surface area contributed by atoms with Gasteiger partial charge in [-0.3, -0.25) is 4.79 Å². The Bertz CT molecular complexity index is 652. The average Bonchev–Trinajstić information content (AvgIpc) is 2.32. The number of aliphatic hydroxyl groups is 1. The topological polar surface area (TPSA) is 104 Å². The van der Waals surface area contributed by atoms with E-state index in [4.69, 9.17) is 10.2 Å². The number of aliphatic hydroxyl groups excluding tert-OH is 1. The number of carboxylic acid groups (broad SMARTS) is 1. The normalized spacial score (nSPS) is 13.2. The zero-order valence-electron chi connectivity index (χ0n) is 12.6. The Morgan fingerprint density at radius 3 is 2.33 bits per heavy atom. The van der Waals surface area contributed by atoms with E-state index in [-0.39, 0.29) is 17.9 Å². The summed E-state index contributed by atoms with van der Waals surface area (Å²) in [6.07, 6.45) is -0.226. The largest absolute Gasteiger partial charge is 0.481 e. The minimum atomic E-state index is -3.81. The van der Waals surface area contributed by atoms with Crippen molar-refractivity contribution in [1.82, 2.24) is 4.72 Å². The van der Waals surface area contributed by atoms with E-state index in [9.17, 15) is 13.2 Å². The Morgan fingerprint density at radius 1 is 1.29 bits per heavy atom. The standard InChI is InChI=1S/C14H21NO5S/c1-8-5-9(2)14(11(4)12(8)6-13(17)18)21(19,20)15-10(3)7-16/h5,10,15-16H,6-7H2,1-4H3,(H,17,18). The predicted molar refractivity (Wildman–Crippen MR) is 78.9 cm³/mol. The molecule has 0 spiro atoms. The van der Waals surface area contributed by atoms with Gasteiger partial charge in [-0.1, -0.05) is 6.07 Å². The van der Waals surface area contributed by atoms with Gasteiger partial charge in [-0.25, -0.2) is 13.1 Å². The van der Waals surface area contributed by atoms with E-state index >= 15 is 0 Å². The number of rotatable bonds is 6. The molecular formula is C14H21NO5S. The molecule has 0 aliphatic carbocycles. The summed E-state index contributed by atoms with van der Waals surface area (Å²) < 4.78 is 27.2. The Balaban J connectivity index is 3.46. The summed E-state index contributed by atoms with van der Waals surface area (Å²) in [5.74, 6) is -1.01. The van der Waals surface area contributed by atoms with Gasteiger partial charge in [-0.2, -0.15) is 0 Å². The number of aliphatic carboxylic acids is 1. The molecule has 21 heavy (non-hydrogen) atoms. The average molecular weight is 315 g/mol. The summed E-state index contributed by atoms with van der Waals surface area (Å²) in [7, 11) is -3.81. The Morgan fingerprint density at radius 2 is 1.86 bits per heavy atom. The summed E-state index contributed by atoms with van der Waals surface area (Å²) in [5, 5.41) is 18.0. The monoisotopic (exact) mass is 315 g/mol. The van der Waals surface area contributed by atoms with Crippen LogP contribution in [0.3, 0.4) is 0 Å². The van der Waals surface area contributed by atoms with Gasteiger partial charge in [0.15, 0.2) is 0 Å². The molecule has 0 amide bonds. The molecular weight excluding hydrogens is 294 g/mol. The van der Waals surface area contributed by atoms with Gasteiger partial charge in [0.25, 0.3) is 0 Å². The number of hydrogen-bond donors (Lipinski definition) is 3. The minimum Gasteiger partial charge on any atom is -0.481 e. The van der Waals surface area contributed by atoms with Crippen molar-refractivity contribution in [1.29, 1.82) is 0 Å². The van der Waals surface area contributed by atoms with Crippen LogP contribution in [0.4, 0.5) is 0 Å². The number of sulfonamides is 1. The number of hydrogen-bond acceptors (Lipinski definition) is 4. The van der Waals surface area contributed by atoms with Crippen molar-refractivity contribution in [2.45, 2.75) is 45.1 Å². The fourth-order valence-corrected chi connectivity index (χ4v) is 4.13. The molecule has 118 valence electrons. The zero-order valence-corrected chi connectivity index (χ0v) is 13.4. The van der Waals surface area contributed by atoms with Gasteiger partial charge in [0.1, 0.15) is 0 Å². The van der Waals surface area contributed by atoms with Gasteiger partial charge in [0, 0.05) is 6.04 Å². The lowest BCUT2D eigenvalue weighted by Crippen LogP contribution is -2.36. The van der Waals surface area contributed by atoms with Crippen LogP contribution >= 0.6 is 0 Å². The highest BCUT2D eigenvalue weighted by molar-refractivity contribution is 7.89. The maximum atomic E-state index is 12.4. The summed E-state index contributed by atoms with van der Waals surface area (Å²) in [4.78, 5) is 11.0. The van der Waals surface area contributed by atoms with E-state index in [0.29, 0.717) is 16.7 Å². The molecule has 7 heteroatoms. The fourth-order valence-electron chi connectivity index (χ4n) is 2.40. The second kappa shape index (κ2) is 6.55. The van der Waals surface area contributed by atoms with Gasteiger partial charge in [0.2, 0.25) is 10.0 Å². The third-order valence-corrected chi connectivity index (χ3v) is 5.17. The summed E-state index contributed by atoms with van der Waals surface area (Å²) >= 11 is 0. The highest BCUT2D eigenvalue weighted by atomic mass is 32.2. The molecule has 6 nitrogen and oxygen atoms in total. The van der Waals surface area contributed by atoms with Crippen molar-refractivity contribution in [2.75, 3.05) is 6.61 Å². The third kappa shape index (κ3) is 4.03. The number of carboxylic acids is 1. The lowest BCUT2D eigenvalue weighted by atomic mass is 9.97. The summed E-state index contributed by atoms with van der Waals surface area (Å²) in [6.45, 7) is 6.28. The van der Waals surface area contributed by atoms with E-state index in [0.717, 1.165) is 5.56 Å². The van der Waals surface area contributed by atoms with Crippen LogP contribution in [-0.4, -0.2) is 37.2 Å². The molecule has 0 heterocycles. The Kier molecular flexibility index (Phi) is 5.49. The third-order valence-electron chi connectivity index (χ3n) is 3.29. The molecule has 0 aliphatic rings. The van der Waals surface area contributed by atoms with Gasteiger partial charge in [-0.05, 0) is 49.9 Å². The van der Waals surface area contributed by atoms with Crippen LogP contribution in [0.1, 0.15) is 29.2 Å². The van der Waals surface area contributed by atoms with Crippen LogP contribution in [0.15, 0.2) is 11.0 Å². The van der Waals surface area contributed by atoms with Crippen LogP contribution in [0.5, 0.6) is 0 Å². The van der Waals surface area contributed by atoms with Crippen molar-refractivity contribution in [3.8, 4) is 0 Å². The molecule has 0 bridgehead atoms. The molecule has 0 saturated heterocycles. The zero-order chi connectivity index (χ0) is 16.4. The van der Waals surface area contributed by atoms with Crippen LogP contribution in [-0.2, 0) is 21.2 Å². The number of benzene rings is 1.